The number of benzene rings is 3. The highest BCUT2D eigenvalue weighted by molar-refractivity contribution is 5.90. The van der Waals surface area contributed by atoms with Gasteiger partial charge in [0.05, 0.1) is 32.5 Å². The number of nitrogens with one attached hydrogen (secondary N) is 1. The molecule has 1 N–H and O–H groups in total. The number of hydrogen-bond acceptors (Lipinski definition) is 6. The molecule has 6 heteroatoms. The van der Waals surface area contributed by atoms with E-state index in [-0.39, 0.29) is 5.41 Å². The number of esters is 1. The topological polar surface area (TPSA) is 66.0 Å². The molecule has 3 aromatic carbocycles. The van der Waals surface area contributed by atoms with E-state index in [2.05, 4.69) is 17.4 Å². The SMILES string of the molecule is COC(=O)c1cc(OCC2(COCc3ccccc3)CCC2)cc(Oc2ccc(NCC3CC3)cc2)c1. The van der Waals surface area contributed by atoms with Crippen LogP contribution in [0.4, 0.5) is 5.69 Å². The fourth-order valence-corrected chi connectivity index (χ4v) is 4.51. The van der Waals surface area contributed by atoms with E-state index in [1.807, 2.05) is 48.5 Å². The maximum absolute atomic E-state index is 12.3. The molecule has 3 aromatic rings. The molecule has 0 atom stereocenters. The van der Waals surface area contributed by atoms with Crippen molar-refractivity contribution >= 4 is 11.7 Å². The van der Waals surface area contributed by atoms with Crippen molar-refractivity contribution in [3.63, 3.8) is 0 Å². The van der Waals surface area contributed by atoms with Crippen LogP contribution in [0.3, 0.4) is 0 Å². The Morgan fingerprint density at radius 3 is 2.35 bits per heavy atom. The van der Waals surface area contributed by atoms with Gasteiger partial charge in [-0.3, -0.25) is 0 Å². The summed E-state index contributed by atoms with van der Waals surface area (Å²) in [6, 6.07) is 23.3. The molecule has 0 bridgehead atoms. The lowest BCUT2D eigenvalue weighted by Crippen LogP contribution is -2.40. The molecule has 2 fully saturated rings. The Balaban J connectivity index is 1.22. The highest BCUT2D eigenvalue weighted by atomic mass is 16.5. The smallest absolute Gasteiger partial charge is 0.338 e. The van der Waals surface area contributed by atoms with Gasteiger partial charge in [0.1, 0.15) is 17.2 Å². The van der Waals surface area contributed by atoms with Crippen LogP contribution in [-0.4, -0.2) is 32.8 Å². The molecule has 0 spiro atoms. The molecule has 0 aromatic heterocycles. The summed E-state index contributed by atoms with van der Waals surface area (Å²) in [6.45, 7) is 2.77. The Morgan fingerprint density at radius 1 is 0.919 bits per heavy atom. The second kappa shape index (κ2) is 11.7. The van der Waals surface area contributed by atoms with Gasteiger partial charge in [0.2, 0.25) is 0 Å². The number of anilines is 1. The average molecular weight is 502 g/mol. The summed E-state index contributed by atoms with van der Waals surface area (Å²) in [4.78, 5) is 12.3. The largest absolute Gasteiger partial charge is 0.493 e. The minimum atomic E-state index is -0.431. The van der Waals surface area contributed by atoms with Gasteiger partial charge in [-0.05, 0) is 73.6 Å². The Bertz CT molecular complexity index is 1170. The first-order chi connectivity index (χ1) is 18.1. The van der Waals surface area contributed by atoms with Gasteiger partial charge >= 0.3 is 5.97 Å². The zero-order valence-electron chi connectivity index (χ0n) is 21.4. The Hall–Kier alpha value is -3.51. The van der Waals surface area contributed by atoms with Gasteiger partial charge in [-0.25, -0.2) is 4.79 Å². The number of carbonyl (C=O) groups is 1. The molecule has 37 heavy (non-hydrogen) atoms. The van der Waals surface area contributed by atoms with Crippen molar-refractivity contribution in [1.82, 2.24) is 0 Å². The molecule has 0 saturated heterocycles. The van der Waals surface area contributed by atoms with E-state index in [4.69, 9.17) is 18.9 Å². The number of carbonyl (C=O) groups excluding carboxylic acids is 1. The van der Waals surface area contributed by atoms with Crippen LogP contribution in [0, 0.1) is 11.3 Å². The van der Waals surface area contributed by atoms with Crippen molar-refractivity contribution < 1.29 is 23.7 Å². The molecule has 2 aliphatic carbocycles. The van der Waals surface area contributed by atoms with Gasteiger partial charge < -0.3 is 24.3 Å². The zero-order valence-corrected chi connectivity index (χ0v) is 21.4. The quantitative estimate of drug-likeness (QED) is 0.258. The third-order valence-corrected chi connectivity index (χ3v) is 7.16. The molecule has 6 nitrogen and oxygen atoms in total. The molecular formula is C31H35NO5. The first kappa shape index (κ1) is 25.2. The lowest BCUT2D eigenvalue weighted by molar-refractivity contribution is -0.0415. The van der Waals surface area contributed by atoms with Crippen LogP contribution >= 0.6 is 0 Å². The second-order valence-corrected chi connectivity index (χ2v) is 10.3. The van der Waals surface area contributed by atoms with Crippen molar-refractivity contribution in [1.29, 1.82) is 0 Å². The van der Waals surface area contributed by atoms with Crippen molar-refractivity contribution in [3.05, 3.63) is 83.9 Å². The summed E-state index contributed by atoms with van der Waals surface area (Å²) in [5.74, 6) is 2.17. The molecule has 194 valence electrons. The van der Waals surface area contributed by atoms with Crippen LogP contribution in [0.5, 0.6) is 17.2 Å². The monoisotopic (exact) mass is 501 g/mol. The van der Waals surface area contributed by atoms with Crippen molar-refractivity contribution in [2.24, 2.45) is 11.3 Å². The molecule has 0 heterocycles. The highest BCUT2D eigenvalue weighted by Gasteiger charge is 2.38. The molecule has 2 saturated carbocycles. The van der Waals surface area contributed by atoms with E-state index < -0.39 is 5.97 Å². The zero-order chi connectivity index (χ0) is 25.5. The third-order valence-electron chi connectivity index (χ3n) is 7.16. The van der Waals surface area contributed by atoms with Gasteiger partial charge in [0.25, 0.3) is 0 Å². The molecule has 0 radical (unpaired) electrons. The first-order valence-electron chi connectivity index (χ1n) is 13.1. The Labute approximate surface area is 218 Å². The lowest BCUT2D eigenvalue weighted by Gasteiger charge is -2.41. The number of methoxy groups -OCH3 is 1. The maximum Gasteiger partial charge on any atom is 0.338 e. The van der Waals surface area contributed by atoms with Crippen LogP contribution in [0.25, 0.3) is 0 Å². The first-order valence-corrected chi connectivity index (χ1v) is 13.1. The van der Waals surface area contributed by atoms with Gasteiger partial charge in [0.15, 0.2) is 0 Å². The lowest BCUT2D eigenvalue weighted by atomic mass is 9.70. The minimum absolute atomic E-state index is 0.0135. The van der Waals surface area contributed by atoms with Gasteiger partial charge in [-0.15, -0.1) is 0 Å². The Morgan fingerprint density at radius 2 is 1.68 bits per heavy atom. The van der Waals surface area contributed by atoms with Crippen LogP contribution in [-0.2, 0) is 16.1 Å². The third kappa shape index (κ3) is 7.04. The number of hydrogen-bond donors (Lipinski definition) is 1. The van der Waals surface area contributed by atoms with E-state index >= 15 is 0 Å². The van der Waals surface area contributed by atoms with Gasteiger partial charge in [-0.1, -0.05) is 36.8 Å². The summed E-state index contributed by atoms with van der Waals surface area (Å²) >= 11 is 0. The fraction of sp³-hybridized carbons (Fsp3) is 0.387. The van der Waals surface area contributed by atoms with Gasteiger partial charge in [0, 0.05) is 23.7 Å². The number of rotatable bonds is 13. The molecule has 0 unspecified atom stereocenters. The van der Waals surface area contributed by atoms with Crippen molar-refractivity contribution in [2.75, 3.05) is 32.2 Å². The average Bonchev–Trinajstić information content (AvgIpc) is 3.74. The highest BCUT2D eigenvalue weighted by Crippen LogP contribution is 2.42. The van der Waals surface area contributed by atoms with E-state index in [0.717, 1.165) is 36.6 Å². The predicted molar refractivity (Wildman–Crippen MR) is 143 cm³/mol. The van der Waals surface area contributed by atoms with Crippen LogP contribution < -0.4 is 14.8 Å². The van der Waals surface area contributed by atoms with Crippen LogP contribution in [0.2, 0.25) is 0 Å². The summed E-state index contributed by atoms with van der Waals surface area (Å²) in [5, 5.41) is 3.46. The molecule has 2 aliphatic rings. The van der Waals surface area contributed by atoms with Crippen molar-refractivity contribution in [2.45, 2.75) is 38.7 Å². The summed E-state index contributed by atoms with van der Waals surface area (Å²) in [7, 11) is 1.37. The normalized spacial score (nSPS) is 15.9. The number of ether oxygens (including phenoxy) is 4. The predicted octanol–water partition coefficient (Wildman–Crippen LogP) is 6.85. The molecular weight excluding hydrogens is 466 g/mol. The van der Waals surface area contributed by atoms with E-state index in [9.17, 15) is 4.79 Å². The van der Waals surface area contributed by atoms with E-state index in [1.165, 1.54) is 26.4 Å². The second-order valence-electron chi connectivity index (χ2n) is 10.3. The molecule has 5 rings (SSSR count). The van der Waals surface area contributed by atoms with Crippen LogP contribution in [0.1, 0.15) is 48.0 Å². The summed E-state index contributed by atoms with van der Waals surface area (Å²) in [6.07, 6.45) is 5.92. The summed E-state index contributed by atoms with van der Waals surface area (Å²) < 4.78 is 23.3. The Kier molecular flexibility index (Phi) is 7.95. The standard InChI is InChI=1S/C31H35NO5/c1-34-30(33)25-16-28(36-22-31(14-5-15-31)21-35-20-24-6-3-2-4-7-24)18-29(17-25)37-27-12-10-26(11-13-27)32-19-23-8-9-23/h2-4,6-7,10-13,16-18,23,32H,5,8-9,14-15,19-22H2,1H3. The van der Waals surface area contributed by atoms with E-state index in [1.54, 1.807) is 12.1 Å². The van der Waals surface area contributed by atoms with Crippen LogP contribution in [0.15, 0.2) is 72.8 Å². The van der Waals surface area contributed by atoms with Crippen molar-refractivity contribution in [3.8, 4) is 17.2 Å². The van der Waals surface area contributed by atoms with Gasteiger partial charge in [-0.2, -0.15) is 0 Å². The maximum atomic E-state index is 12.3. The van der Waals surface area contributed by atoms with E-state index in [0.29, 0.717) is 42.6 Å². The fourth-order valence-electron chi connectivity index (χ4n) is 4.51. The molecule has 0 aliphatic heterocycles. The molecule has 0 amide bonds. The summed E-state index contributed by atoms with van der Waals surface area (Å²) in [5.41, 5.74) is 2.62. The minimum Gasteiger partial charge on any atom is -0.493 e.